The van der Waals surface area contributed by atoms with Crippen molar-refractivity contribution in [3.63, 3.8) is 0 Å². The van der Waals surface area contributed by atoms with E-state index in [1.165, 1.54) is 30.5 Å². The molecular formula is C36H48Cl3FeN8O10S. The van der Waals surface area contributed by atoms with Crippen molar-refractivity contribution in [2.75, 3.05) is 5.73 Å². The molecule has 0 spiro atoms. The van der Waals surface area contributed by atoms with E-state index in [1.54, 1.807) is 17.4 Å². The van der Waals surface area contributed by atoms with Gasteiger partial charge in [0.25, 0.3) is 10.8 Å². The van der Waals surface area contributed by atoms with Crippen molar-refractivity contribution in [3.8, 4) is 18.2 Å². The van der Waals surface area contributed by atoms with Gasteiger partial charge in [-0.1, -0.05) is 93.1 Å². The third kappa shape index (κ3) is 21.1. The Morgan fingerprint density at radius 1 is 0.678 bits per heavy atom. The zero-order valence-corrected chi connectivity index (χ0v) is 35.6. The topological polar surface area (TPSA) is 334 Å². The van der Waals surface area contributed by atoms with E-state index in [1.807, 2.05) is 42.5 Å². The van der Waals surface area contributed by atoms with Crippen LogP contribution in [-0.2, 0) is 37.8 Å². The maximum Gasteiger partial charge on any atom is 0 e. The molecule has 0 saturated heterocycles. The molecule has 3 aromatic carbocycles. The van der Waals surface area contributed by atoms with Gasteiger partial charge in [0, 0.05) is 26.0 Å². The Morgan fingerprint density at radius 2 is 0.915 bits per heavy atom. The van der Waals surface area contributed by atoms with Crippen molar-refractivity contribution in [3.05, 3.63) is 121 Å². The average molecular weight is 947 g/mol. The number of anilines is 1. The molecule has 0 heterocycles. The molecule has 0 radical (unpaired) electrons. The van der Waals surface area contributed by atoms with Gasteiger partial charge >= 0.3 is 51.9 Å². The van der Waals surface area contributed by atoms with Gasteiger partial charge < -0.3 is 10.9 Å². The number of hydrogen-bond donors (Lipinski definition) is 5. The van der Waals surface area contributed by atoms with Gasteiger partial charge in [-0.15, -0.1) is 15.0 Å². The fraction of sp³-hybridized carbons (Fsp3) is 0.417. The molecular weight excluding hydrogens is 899 g/mol. The number of nitrogens with zero attached hydrogens (tertiary/aromatic N) is 6. The van der Waals surface area contributed by atoms with E-state index in [-0.39, 0.29) is 19.4 Å². The van der Waals surface area contributed by atoms with E-state index in [2.05, 4.69) is 36.2 Å². The predicted molar refractivity (Wildman–Crippen MR) is 222 cm³/mol. The molecule has 0 amide bonds. The maximum atomic E-state index is 10.5. The van der Waals surface area contributed by atoms with Gasteiger partial charge in [0.05, 0.1) is 39.4 Å². The molecule has 0 atom stereocenters. The van der Waals surface area contributed by atoms with Crippen LogP contribution in [0.25, 0.3) is 0 Å². The summed E-state index contributed by atoms with van der Waals surface area (Å²) in [6, 6.07) is 31.7. The number of nitro groups is 1. The molecule has 0 unspecified atom stereocenters. The van der Waals surface area contributed by atoms with Crippen LogP contribution in [0.5, 0.6) is 0 Å². The van der Waals surface area contributed by atoms with Crippen molar-refractivity contribution in [2.24, 2.45) is 11.1 Å². The Labute approximate surface area is 362 Å². The van der Waals surface area contributed by atoms with E-state index in [0.717, 1.165) is 81.0 Å². The average Bonchev–Trinajstić information content (AvgIpc) is 3.98. The summed E-state index contributed by atoms with van der Waals surface area (Å²) in [5.41, 5.74) is 8.92. The summed E-state index contributed by atoms with van der Waals surface area (Å²) in [5, 5.41) is 53.7. The number of nitrogens with two attached hydrogens (primary N) is 2. The minimum absolute atomic E-state index is 0. The van der Waals surface area contributed by atoms with Gasteiger partial charge in [0.2, 0.25) is 0 Å². The van der Waals surface area contributed by atoms with Gasteiger partial charge in [-0.2, -0.15) is 24.2 Å². The summed E-state index contributed by atoms with van der Waals surface area (Å²) in [4.78, 5) is 26.8. The molecule has 3 aliphatic rings. The van der Waals surface area contributed by atoms with Crippen molar-refractivity contribution >= 4 is 52.1 Å². The molecule has 18 nitrogen and oxygen atoms in total. The Morgan fingerprint density at radius 3 is 1.15 bits per heavy atom. The first-order valence-electron chi connectivity index (χ1n) is 17.3. The van der Waals surface area contributed by atoms with Crippen molar-refractivity contribution in [1.29, 1.82) is 15.8 Å². The van der Waals surface area contributed by atoms with E-state index in [0.29, 0.717) is 0 Å². The zero-order chi connectivity index (χ0) is 45.1. The normalized spacial score (nSPS) is 16.1. The molecule has 0 aliphatic heterocycles. The fourth-order valence-corrected chi connectivity index (χ4v) is 6.79. The van der Waals surface area contributed by atoms with Gasteiger partial charge in [-0.3, -0.25) is 25.1 Å². The second-order valence-corrected chi connectivity index (χ2v) is 19.3. The minimum Gasteiger partial charge on any atom is 0 e. The molecule has 3 aromatic rings. The molecule has 3 fully saturated rings. The molecule has 3 aliphatic carbocycles. The van der Waals surface area contributed by atoms with Gasteiger partial charge in [0.15, 0.2) is 0 Å². The van der Waals surface area contributed by atoms with Crippen LogP contribution >= 0.6 is 30.3 Å². The quantitative estimate of drug-likeness (QED) is 0.0309. The van der Waals surface area contributed by atoms with Gasteiger partial charge in [-0.05, 0) is 67.3 Å². The van der Waals surface area contributed by atoms with Crippen molar-refractivity contribution < 1.29 is 46.8 Å². The molecule has 6 rings (SSSR count). The van der Waals surface area contributed by atoms with Gasteiger partial charge in [0.1, 0.15) is 0 Å². The second-order valence-electron chi connectivity index (χ2n) is 12.9. The van der Waals surface area contributed by atoms with Gasteiger partial charge in [-0.25, -0.2) is 0 Å². The largest absolute Gasteiger partial charge is 0 e. The van der Waals surface area contributed by atoms with Crippen molar-refractivity contribution in [2.45, 2.75) is 93.3 Å². The summed E-state index contributed by atoms with van der Waals surface area (Å²) < 4.78 is 31.6. The first kappa shape index (κ1) is 54.2. The number of rotatable bonds is 4. The minimum atomic E-state index is -4.67. The van der Waals surface area contributed by atoms with Crippen LogP contribution in [0.4, 0.5) is 11.4 Å². The zero-order valence-electron chi connectivity index (χ0n) is 31.4. The van der Waals surface area contributed by atoms with Crippen LogP contribution in [0, 0.1) is 59.1 Å². The van der Waals surface area contributed by atoms with E-state index in [4.69, 9.17) is 73.8 Å². The van der Waals surface area contributed by atoms with Crippen molar-refractivity contribution in [1.82, 2.24) is 0 Å². The Hall–Kier alpha value is -4.81. The fourth-order valence-electron chi connectivity index (χ4n) is 6.79. The van der Waals surface area contributed by atoms with Crippen LogP contribution < -0.4 is 11.6 Å². The number of nitriles is 3. The molecule has 3 saturated carbocycles. The molecule has 0 bridgehead atoms. The number of halogens is 3. The van der Waals surface area contributed by atoms with Crippen LogP contribution in [0.1, 0.15) is 96.6 Å². The molecule has 327 valence electrons. The Kier molecular flexibility index (Phi) is 25.5. The summed E-state index contributed by atoms with van der Waals surface area (Å²) >= 11 is -1.33. The van der Waals surface area contributed by atoms with E-state index >= 15 is 0 Å². The van der Waals surface area contributed by atoms with Crippen LogP contribution in [0.15, 0.2) is 84.1 Å². The first-order valence-corrected chi connectivity index (χ1v) is 23.3. The molecule has 7 N–H and O–H groups in total. The third-order valence-corrected chi connectivity index (χ3v) is 9.43. The van der Waals surface area contributed by atoms with Crippen LogP contribution in [-0.4, -0.2) is 32.7 Å². The summed E-state index contributed by atoms with van der Waals surface area (Å²) in [6.45, 7) is 0. The molecule has 23 heteroatoms. The number of nitrogen functional groups attached to an aromatic ring is 1. The van der Waals surface area contributed by atoms with Crippen LogP contribution in [0.3, 0.4) is 0 Å². The Balaban J connectivity index is -0.000000696. The third-order valence-electron chi connectivity index (χ3n) is 9.43. The maximum absolute atomic E-state index is 10.5. The first-order chi connectivity index (χ1) is 27.7. The summed E-state index contributed by atoms with van der Waals surface area (Å²) in [6.07, 6.45) is 12.6. The SMILES string of the molecule is N#CC1(c2ccc(N)cc2)CCCC1.N#CC1(c2ccc([N+](=O)[O-])cc2)CCCC1.N#CC1(c2ccccc2)CCCC1.NN=O.O=S(=O)(O)O.O=[N+]([O-])O.[Cl][Fe]([Cl])[Cl].[HH].[HH]. The summed E-state index contributed by atoms with van der Waals surface area (Å²) in [7, 11) is 10.0. The second kappa shape index (κ2) is 27.8. The molecule has 59 heavy (non-hydrogen) atoms. The molecule has 0 aromatic heterocycles. The monoisotopic (exact) mass is 945 g/mol. The number of non-ortho nitro benzene ring substituents is 1. The smallest absolute Gasteiger partial charge is 0 e. The number of hydrogen-bond acceptors (Lipinski definition) is 12. The Bertz CT molecular complexity index is 1960. The van der Waals surface area contributed by atoms with E-state index < -0.39 is 37.0 Å². The van der Waals surface area contributed by atoms with E-state index in [9.17, 15) is 25.9 Å². The van der Waals surface area contributed by atoms with Crippen LogP contribution in [0.2, 0.25) is 0 Å². The number of nitro benzene ring substituents is 1. The standard InChI is InChI=1S/C12H12N2O2.C12H14N2.C12H13N.3ClH.Fe.H2N2O.HNO3.H2O4S.2H2/c13-9-12(7-1-2-8-12)10-3-5-11(6-4-10)14(15)16;13-9-12(7-1-2-8-12)10-3-5-11(14)6-4-10;13-10-12(8-4-5-9-12)11-6-2-1-3-7-11;;;;;1-2-3;2-1(3)4;1-5(2,3)4;;/h3-6H,1-2,7-8H2;3-6H,1-2,7-8,14H2;1-3,6-7H,4-5,8-9H2;3*1H;;(H2,1,3);(H,2,3,4);(H2,1,2,3,4);2*1H/q;;;;;;+3;;;;;/p-3. The predicted octanol–water partition coefficient (Wildman–Crippen LogP) is 9.74. The summed E-state index contributed by atoms with van der Waals surface area (Å²) in [5.74, 6) is 3.92. The number of benzene rings is 3. The number of nitroso groups, excluding NO2 is 1.